The van der Waals surface area contributed by atoms with Gasteiger partial charge in [0.15, 0.2) is 0 Å². The zero-order chi connectivity index (χ0) is 17.8. The number of pyridine rings is 1. The third kappa shape index (κ3) is 3.14. The molecule has 0 radical (unpaired) electrons. The van der Waals surface area contributed by atoms with E-state index in [4.69, 9.17) is 0 Å². The quantitative estimate of drug-likeness (QED) is 0.574. The Morgan fingerprint density at radius 1 is 0.769 bits per heavy atom. The number of nitrogens with zero attached hydrogens (tertiary/aromatic N) is 4. The highest BCUT2D eigenvalue weighted by Crippen LogP contribution is 2.24. The molecule has 0 spiro atoms. The first-order chi connectivity index (χ1) is 12.8. The van der Waals surface area contributed by atoms with E-state index in [9.17, 15) is 5.26 Å². The summed E-state index contributed by atoms with van der Waals surface area (Å²) >= 11 is 0. The molecule has 2 N–H and O–H groups in total. The zero-order valence-electron chi connectivity index (χ0n) is 13.7. The van der Waals surface area contributed by atoms with Crippen molar-refractivity contribution in [2.45, 2.75) is 0 Å². The van der Waals surface area contributed by atoms with Crippen LogP contribution in [0.15, 0.2) is 73.1 Å². The predicted molar refractivity (Wildman–Crippen MR) is 101 cm³/mol. The predicted octanol–water partition coefficient (Wildman–Crippen LogP) is 4.38. The zero-order valence-corrected chi connectivity index (χ0v) is 13.7. The van der Waals surface area contributed by atoms with E-state index >= 15 is 0 Å². The molecule has 2 aromatic carbocycles. The van der Waals surface area contributed by atoms with E-state index in [-0.39, 0.29) is 0 Å². The number of hydrogen-bond acceptors (Lipinski definition) is 6. The van der Waals surface area contributed by atoms with Gasteiger partial charge in [-0.25, -0.2) is 4.98 Å². The molecule has 4 aromatic rings. The van der Waals surface area contributed by atoms with Crippen molar-refractivity contribution in [3.63, 3.8) is 0 Å². The van der Waals surface area contributed by atoms with Gasteiger partial charge in [-0.2, -0.15) is 10.2 Å². The fraction of sp³-hybridized carbons (Fsp3) is 0. The first kappa shape index (κ1) is 15.5. The van der Waals surface area contributed by atoms with Gasteiger partial charge in [0.05, 0.1) is 22.5 Å². The van der Waals surface area contributed by atoms with Crippen molar-refractivity contribution in [1.29, 1.82) is 5.26 Å². The Hall–Kier alpha value is -3.98. The fourth-order valence-corrected chi connectivity index (χ4v) is 2.64. The smallest absolute Gasteiger partial charge is 0.229 e. The summed E-state index contributed by atoms with van der Waals surface area (Å²) in [5.74, 6) is 1.04. The number of benzene rings is 2. The Labute approximate surface area is 150 Å². The molecule has 6 heteroatoms. The maximum atomic E-state index is 9.20. The van der Waals surface area contributed by atoms with Gasteiger partial charge < -0.3 is 10.6 Å². The number of fused-ring (bicyclic) bond motifs is 1. The lowest BCUT2D eigenvalue weighted by Gasteiger charge is -2.10. The molecular formula is C20H14N6. The molecule has 124 valence electrons. The van der Waals surface area contributed by atoms with Gasteiger partial charge in [0.2, 0.25) is 5.95 Å². The van der Waals surface area contributed by atoms with Gasteiger partial charge in [-0.1, -0.05) is 30.3 Å². The molecule has 0 bridgehead atoms. The largest absolute Gasteiger partial charge is 0.339 e. The lowest BCUT2D eigenvalue weighted by molar-refractivity contribution is 1.16. The van der Waals surface area contributed by atoms with Gasteiger partial charge in [0.1, 0.15) is 11.9 Å². The van der Waals surface area contributed by atoms with E-state index in [1.807, 2.05) is 48.5 Å². The van der Waals surface area contributed by atoms with Crippen LogP contribution in [0.4, 0.5) is 23.1 Å². The van der Waals surface area contributed by atoms with Gasteiger partial charge >= 0.3 is 0 Å². The molecule has 2 heterocycles. The van der Waals surface area contributed by atoms with Crippen LogP contribution in [0.3, 0.4) is 0 Å². The average Bonchev–Trinajstić information content (AvgIpc) is 2.69. The maximum Gasteiger partial charge on any atom is 0.229 e. The second-order valence-electron chi connectivity index (χ2n) is 5.55. The van der Waals surface area contributed by atoms with Crippen LogP contribution in [-0.4, -0.2) is 15.0 Å². The fourth-order valence-electron chi connectivity index (χ4n) is 2.64. The van der Waals surface area contributed by atoms with Crippen LogP contribution in [0, 0.1) is 11.3 Å². The summed E-state index contributed by atoms with van der Waals surface area (Å²) in [5, 5.41) is 16.6. The van der Waals surface area contributed by atoms with Crippen molar-refractivity contribution in [3.8, 4) is 6.07 Å². The molecule has 0 saturated heterocycles. The van der Waals surface area contributed by atoms with E-state index in [1.54, 1.807) is 24.5 Å². The third-order valence-electron chi connectivity index (χ3n) is 3.85. The minimum Gasteiger partial charge on any atom is -0.339 e. The highest BCUT2D eigenvalue weighted by atomic mass is 15.1. The van der Waals surface area contributed by atoms with Gasteiger partial charge in [-0.15, -0.1) is 0 Å². The SMILES string of the molecule is N#Cc1ccccc1Nc1ccnc(Nc2cccc3cccnc23)n1. The average molecular weight is 338 g/mol. The summed E-state index contributed by atoms with van der Waals surface area (Å²) in [6.07, 6.45) is 3.41. The molecule has 0 aliphatic rings. The molecule has 0 fully saturated rings. The van der Waals surface area contributed by atoms with E-state index in [2.05, 4.69) is 31.7 Å². The van der Waals surface area contributed by atoms with Crippen LogP contribution in [0.1, 0.15) is 5.56 Å². The summed E-state index contributed by atoms with van der Waals surface area (Å²) in [6, 6.07) is 21.0. The summed E-state index contributed by atoms with van der Waals surface area (Å²) in [5.41, 5.74) is 2.94. The lowest BCUT2D eigenvalue weighted by Crippen LogP contribution is -2.01. The number of anilines is 4. The molecule has 0 aliphatic heterocycles. The van der Waals surface area contributed by atoms with E-state index in [1.165, 1.54) is 0 Å². The van der Waals surface area contributed by atoms with Crippen molar-refractivity contribution in [2.75, 3.05) is 10.6 Å². The number of para-hydroxylation sites is 2. The number of rotatable bonds is 4. The van der Waals surface area contributed by atoms with Crippen LogP contribution < -0.4 is 10.6 Å². The molecule has 0 atom stereocenters. The summed E-state index contributed by atoms with van der Waals surface area (Å²) < 4.78 is 0. The third-order valence-corrected chi connectivity index (χ3v) is 3.85. The topological polar surface area (TPSA) is 86.5 Å². The number of aromatic nitrogens is 3. The van der Waals surface area contributed by atoms with Crippen LogP contribution >= 0.6 is 0 Å². The molecule has 4 rings (SSSR count). The maximum absolute atomic E-state index is 9.20. The van der Waals surface area contributed by atoms with Crippen molar-refractivity contribution in [3.05, 3.63) is 78.6 Å². The molecular weight excluding hydrogens is 324 g/mol. The van der Waals surface area contributed by atoms with Crippen LogP contribution in [-0.2, 0) is 0 Å². The standard InChI is InChI=1S/C20H14N6/c21-13-15-5-1-2-8-16(15)24-18-10-12-23-20(26-18)25-17-9-3-6-14-7-4-11-22-19(14)17/h1-12H,(H2,23,24,25,26). The Morgan fingerprint density at radius 2 is 1.62 bits per heavy atom. The molecule has 26 heavy (non-hydrogen) atoms. The Bertz CT molecular complexity index is 1110. The highest BCUT2D eigenvalue weighted by Gasteiger charge is 2.06. The van der Waals surface area contributed by atoms with Gasteiger partial charge in [0, 0.05) is 17.8 Å². The second-order valence-corrected chi connectivity index (χ2v) is 5.55. The van der Waals surface area contributed by atoms with Crippen LogP contribution in [0.25, 0.3) is 10.9 Å². The van der Waals surface area contributed by atoms with Crippen LogP contribution in [0.5, 0.6) is 0 Å². The first-order valence-corrected chi connectivity index (χ1v) is 8.03. The van der Waals surface area contributed by atoms with Gasteiger partial charge in [-0.05, 0) is 30.3 Å². The van der Waals surface area contributed by atoms with E-state index < -0.39 is 0 Å². The summed E-state index contributed by atoms with van der Waals surface area (Å²) in [7, 11) is 0. The monoisotopic (exact) mass is 338 g/mol. The summed E-state index contributed by atoms with van der Waals surface area (Å²) in [6.45, 7) is 0. The molecule has 0 aliphatic carbocycles. The van der Waals surface area contributed by atoms with Crippen molar-refractivity contribution >= 4 is 34.0 Å². The van der Waals surface area contributed by atoms with Gasteiger partial charge in [0.25, 0.3) is 0 Å². The van der Waals surface area contributed by atoms with Gasteiger partial charge in [-0.3, -0.25) is 4.98 Å². The van der Waals surface area contributed by atoms with E-state index in [0.717, 1.165) is 16.6 Å². The minimum atomic E-state index is 0.447. The lowest BCUT2D eigenvalue weighted by atomic mass is 10.2. The number of hydrogen-bond donors (Lipinski definition) is 2. The minimum absolute atomic E-state index is 0.447. The highest BCUT2D eigenvalue weighted by molar-refractivity contribution is 5.91. The van der Waals surface area contributed by atoms with E-state index in [0.29, 0.717) is 23.0 Å². The first-order valence-electron chi connectivity index (χ1n) is 8.03. The van der Waals surface area contributed by atoms with Crippen molar-refractivity contribution in [2.24, 2.45) is 0 Å². The van der Waals surface area contributed by atoms with Crippen molar-refractivity contribution < 1.29 is 0 Å². The molecule has 6 nitrogen and oxygen atoms in total. The number of nitriles is 1. The molecule has 2 aromatic heterocycles. The van der Waals surface area contributed by atoms with Crippen molar-refractivity contribution in [1.82, 2.24) is 15.0 Å². The Kier molecular flexibility index (Phi) is 4.11. The van der Waals surface area contributed by atoms with Crippen LogP contribution in [0.2, 0.25) is 0 Å². The summed E-state index contributed by atoms with van der Waals surface area (Å²) in [4.78, 5) is 13.2. The normalized spacial score (nSPS) is 10.3. The molecule has 0 saturated carbocycles. The molecule has 0 unspecified atom stereocenters. The number of nitrogens with one attached hydrogen (secondary N) is 2. The molecule has 0 amide bonds. The second kappa shape index (κ2) is 6.87. The Morgan fingerprint density at radius 3 is 2.54 bits per heavy atom. The Balaban J connectivity index is 1.63.